The number of piperidine rings is 1. The van der Waals surface area contributed by atoms with Crippen molar-refractivity contribution in [2.45, 2.75) is 25.7 Å². The zero-order valence-corrected chi connectivity index (χ0v) is 13.6. The molecule has 1 N–H and O–H groups in total. The van der Waals surface area contributed by atoms with Gasteiger partial charge in [0.1, 0.15) is 0 Å². The lowest BCUT2D eigenvalue weighted by Crippen LogP contribution is -2.44. The molecule has 1 heterocycles. The van der Waals surface area contributed by atoms with E-state index >= 15 is 0 Å². The van der Waals surface area contributed by atoms with Crippen molar-refractivity contribution in [1.29, 1.82) is 0 Å². The van der Waals surface area contributed by atoms with E-state index in [1.165, 1.54) is 5.56 Å². The predicted octanol–water partition coefficient (Wildman–Crippen LogP) is 2.09. The van der Waals surface area contributed by atoms with E-state index in [0.29, 0.717) is 13.2 Å². The number of nitrogens with zero attached hydrogens (tertiary/aromatic N) is 1. The minimum absolute atomic E-state index is 0.141. The largest absolute Gasteiger partial charge is 0.383 e. The summed E-state index contributed by atoms with van der Waals surface area (Å²) in [4.78, 5) is 14.7. The summed E-state index contributed by atoms with van der Waals surface area (Å²) < 4.78 is 5.16. The molecule has 0 saturated carbocycles. The van der Waals surface area contributed by atoms with Crippen molar-refractivity contribution in [3.8, 4) is 0 Å². The highest BCUT2D eigenvalue weighted by Crippen LogP contribution is 2.14. The lowest BCUT2D eigenvalue weighted by Gasteiger charge is -2.29. The quantitative estimate of drug-likeness (QED) is 0.799. The summed E-state index contributed by atoms with van der Waals surface area (Å²) in [6.45, 7) is 3.97. The average Bonchev–Trinajstić information content (AvgIpc) is 2.59. The standard InChI is InChI=1S/C18H28N2O2/c1-22-14-13-20(18(21)17-10-5-11-19-15-17)12-6-9-16-7-3-2-4-8-16/h2-4,7-8,17,19H,5-6,9-15H2,1H3. The van der Waals surface area contributed by atoms with Crippen molar-refractivity contribution >= 4 is 5.91 Å². The summed E-state index contributed by atoms with van der Waals surface area (Å²) in [6, 6.07) is 10.5. The second-order valence-electron chi connectivity index (χ2n) is 5.95. The van der Waals surface area contributed by atoms with Crippen LogP contribution in [0.25, 0.3) is 0 Å². The smallest absolute Gasteiger partial charge is 0.227 e. The van der Waals surface area contributed by atoms with E-state index in [9.17, 15) is 4.79 Å². The zero-order chi connectivity index (χ0) is 15.6. The van der Waals surface area contributed by atoms with E-state index in [-0.39, 0.29) is 11.8 Å². The molecule has 1 unspecified atom stereocenters. The van der Waals surface area contributed by atoms with Crippen LogP contribution in [0.5, 0.6) is 0 Å². The van der Waals surface area contributed by atoms with Crippen LogP contribution >= 0.6 is 0 Å². The van der Waals surface area contributed by atoms with Gasteiger partial charge in [0, 0.05) is 26.7 Å². The SMILES string of the molecule is COCCN(CCCc1ccccc1)C(=O)C1CCCNC1. The molecule has 1 saturated heterocycles. The summed E-state index contributed by atoms with van der Waals surface area (Å²) in [5.41, 5.74) is 1.33. The van der Waals surface area contributed by atoms with E-state index < -0.39 is 0 Å². The fourth-order valence-electron chi connectivity index (χ4n) is 2.97. The fourth-order valence-corrected chi connectivity index (χ4v) is 2.97. The van der Waals surface area contributed by atoms with Gasteiger partial charge in [0.15, 0.2) is 0 Å². The summed E-state index contributed by atoms with van der Waals surface area (Å²) in [5, 5.41) is 3.33. The van der Waals surface area contributed by atoms with E-state index in [4.69, 9.17) is 4.74 Å². The van der Waals surface area contributed by atoms with Crippen LogP contribution in [0.15, 0.2) is 30.3 Å². The Hall–Kier alpha value is -1.39. The highest BCUT2D eigenvalue weighted by molar-refractivity contribution is 5.79. The first-order valence-electron chi connectivity index (χ1n) is 8.33. The molecule has 0 spiro atoms. The molecule has 1 aliphatic rings. The van der Waals surface area contributed by atoms with Gasteiger partial charge in [-0.1, -0.05) is 30.3 Å². The second kappa shape index (κ2) is 9.59. The molecule has 4 nitrogen and oxygen atoms in total. The van der Waals surface area contributed by atoms with E-state index in [2.05, 4.69) is 29.6 Å². The number of benzene rings is 1. The third kappa shape index (κ3) is 5.43. The Morgan fingerprint density at radius 3 is 2.82 bits per heavy atom. The predicted molar refractivity (Wildman–Crippen MR) is 88.8 cm³/mol. The Labute approximate surface area is 133 Å². The van der Waals surface area contributed by atoms with Crippen molar-refractivity contribution in [3.63, 3.8) is 0 Å². The minimum atomic E-state index is 0.141. The first kappa shape index (κ1) is 17.0. The van der Waals surface area contributed by atoms with Gasteiger partial charge in [0.2, 0.25) is 5.91 Å². The number of aryl methyl sites for hydroxylation is 1. The van der Waals surface area contributed by atoms with Gasteiger partial charge in [-0.25, -0.2) is 0 Å². The van der Waals surface area contributed by atoms with Crippen molar-refractivity contribution in [1.82, 2.24) is 10.2 Å². The topological polar surface area (TPSA) is 41.6 Å². The number of carbonyl (C=O) groups excluding carboxylic acids is 1. The molecule has 1 aromatic rings. The minimum Gasteiger partial charge on any atom is -0.383 e. The van der Waals surface area contributed by atoms with Crippen LogP contribution in [0, 0.1) is 5.92 Å². The first-order valence-corrected chi connectivity index (χ1v) is 8.33. The van der Waals surface area contributed by atoms with Gasteiger partial charge in [-0.2, -0.15) is 0 Å². The van der Waals surface area contributed by atoms with Crippen LogP contribution in [-0.2, 0) is 16.0 Å². The Morgan fingerprint density at radius 2 is 2.14 bits per heavy atom. The van der Waals surface area contributed by atoms with Crippen molar-refractivity contribution in [3.05, 3.63) is 35.9 Å². The summed E-state index contributed by atoms with van der Waals surface area (Å²) in [6.07, 6.45) is 4.12. The Bertz CT molecular complexity index is 430. The molecule has 22 heavy (non-hydrogen) atoms. The molecular weight excluding hydrogens is 276 g/mol. The monoisotopic (exact) mass is 304 g/mol. The molecule has 1 aromatic carbocycles. The summed E-state index contributed by atoms with van der Waals surface area (Å²) in [7, 11) is 1.69. The van der Waals surface area contributed by atoms with Crippen LogP contribution in [0.4, 0.5) is 0 Å². The van der Waals surface area contributed by atoms with Gasteiger partial charge < -0.3 is 15.0 Å². The Kier molecular flexibility index (Phi) is 7.40. The highest BCUT2D eigenvalue weighted by Gasteiger charge is 2.25. The Morgan fingerprint density at radius 1 is 1.32 bits per heavy atom. The molecule has 0 aliphatic carbocycles. The molecule has 0 radical (unpaired) electrons. The molecule has 122 valence electrons. The average molecular weight is 304 g/mol. The van der Waals surface area contributed by atoms with Crippen LogP contribution in [-0.4, -0.2) is 50.7 Å². The fraction of sp³-hybridized carbons (Fsp3) is 0.611. The number of carbonyl (C=O) groups is 1. The van der Waals surface area contributed by atoms with Crippen molar-refractivity contribution in [2.75, 3.05) is 39.9 Å². The summed E-state index contributed by atoms with van der Waals surface area (Å²) >= 11 is 0. The second-order valence-corrected chi connectivity index (χ2v) is 5.95. The van der Waals surface area contributed by atoms with Crippen molar-refractivity contribution in [2.24, 2.45) is 5.92 Å². The van der Waals surface area contributed by atoms with E-state index in [0.717, 1.165) is 45.3 Å². The number of ether oxygens (including phenoxy) is 1. The maximum absolute atomic E-state index is 12.7. The van der Waals surface area contributed by atoms with Gasteiger partial charge in [-0.3, -0.25) is 4.79 Å². The van der Waals surface area contributed by atoms with Crippen LogP contribution in [0.2, 0.25) is 0 Å². The molecule has 0 bridgehead atoms. The van der Waals surface area contributed by atoms with Crippen LogP contribution in [0.3, 0.4) is 0 Å². The molecule has 1 atom stereocenters. The molecule has 4 heteroatoms. The molecular formula is C18H28N2O2. The number of methoxy groups -OCH3 is 1. The zero-order valence-electron chi connectivity index (χ0n) is 13.6. The van der Waals surface area contributed by atoms with Gasteiger partial charge in [0.25, 0.3) is 0 Å². The molecule has 2 rings (SSSR count). The third-order valence-electron chi connectivity index (χ3n) is 4.26. The first-order chi connectivity index (χ1) is 10.8. The lowest BCUT2D eigenvalue weighted by atomic mass is 9.98. The number of hydrogen-bond donors (Lipinski definition) is 1. The molecule has 1 fully saturated rings. The van der Waals surface area contributed by atoms with Crippen LogP contribution < -0.4 is 5.32 Å². The van der Waals surface area contributed by atoms with E-state index in [1.807, 2.05) is 11.0 Å². The van der Waals surface area contributed by atoms with Crippen molar-refractivity contribution < 1.29 is 9.53 Å². The number of nitrogens with one attached hydrogen (secondary N) is 1. The third-order valence-corrected chi connectivity index (χ3v) is 4.26. The van der Waals surface area contributed by atoms with Gasteiger partial charge >= 0.3 is 0 Å². The van der Waals surface area contributed by atoms with E-state index in [1.54, 1.807) is 7.11 Å². The number of amides is 1. The molecule has 1 aliphatic heterocycles. The van der Waals surface area contributed by atoms with Crippen LogP contribution in [0.1, 0.15) is 24.8 Å². The maximum Gasteiger partial charge on any atom is 0.227 e. The van der Waals surface area contributed by atoms with Gasteiger partial charge in [-0.15, -0.1) is 0 Å². The lowest BCUT2D eigenvalue weighted by molar-refractivity contribution is -0.136. The Balaban J connectivity index is 1.83. The normalized spacial score (nSPS) is 18.1. The highest BCUT2D eigenvalue weighted by atomic mass is 16.5. The maximum atomic E-state index is 12.7. The van der Waals surface area contributed by atoms with Gasteiger partial charge in [-0.05, 0) is 37.8 Å². The summed E-state index contributed by atoms with van der Waals surface area (Å²) in [5.74, 6) is 0.430. The number of rotatable bonds is 8. The van der Waals surface area contributed by atoms with Gasteiger partial charge in [0.05, 0.1) is 12.5 Å². The molecule has 0 aromatic heterocycles. The number of hydrogen-bond acceptors (Lipinski definition) is 3. The molecule has 1 amide bonds.